The van der Waals surface area contributed by atoms with Crippen LogP contribution in [0.2, 0.25) is 0 Å². The van der Waals surface area contributed by atoms with Crippen molar-refractivity contribution >= 4 is 0 Å². The highest BCUT2D eigenvalue weighted by atomic mass is 15.3. The van der Waals surface area contributed by atoms with Gasteiger partial charge in [0.15, 0.2) is 0 Å². The lowest BCUT2D eigenvalue weighted by molar-refractivity contribution is 0.327. The molecule has 1 aromatic rings. The van der Waals surface area contributed by atoms with Crippen LogP contribution in [0.25, 0.3) is 0 Å². The van der Waals surface area contributed by atoms with Crippen molar-refractivity contribution in [2.45, 2.75) is 78.4 Å². The first-order valence-corrected chi connectivity index (χ1v) is 8.20. The quantitative estimate of drug-likeness (QED) is 0.903. The first-order valence-electron chi connectivity index (χ1n) is 8.20. The Bertz CT molecular complexity index is 452. The summed E-state index contributed by atoms with van der Waals surface area (Å²) in [4.78, 5) is 0. The second kappa shape index (κ2) is 4.87. The van der Waals surface area contributed by atoms with E-state index in [1.54, 1.807) is 0 Å². The summed E-state index contributed by atoms with van der Waals surface area (Å²) in [6, 6.07) is 3.44. The van der Waals surface area contributed by atoms with Gasteiger partial charge in [-0.2, -0.15) is 5.10 Å². The summed E-state index contributed by atoms with van der Waals surface area (Å²) < 4.78 is 2.21. The molecule has 1 heterocycles. The molecule has 3 rings (SSSR count). The van der Waals surface area contributed by atoms with Crippen molar-refractivity contribution in [1.82, 2.24) is 15.1 Å². The average Bonchev–Trinajstić information content (AvgIpc) is 2.76. The third kappa shape index (κ3) is 2.30. The fourth-order valence-corrected chi connectivity index (χ4v) is 3.93. The van der Waals surface area contributed by atoms with Gasteiger partial charge in [-0.3, -0.25) is 4.68 Å². The van der Waals surface area contributed by atoms with E-state index in [4.69, 9.17) is 5.10 Å². The van der Waals surface area contributed by atoms with Crippen LogP contribution < -0.4 is 5.32 Å². The number of hydrogen-bond acceptors (Lipinski definition) is 2. The Labute approximate surface area is 123 Å². The van der Waals surface area contributed by atoms with Gasteiger partial charge in [-0.05, 0) is 29.7 Å². The van der Waals surface area contributed by atoms with Crippen LogP contribution in [-0.2, 0) is 6.54 Å². The van der Waals surface area contributed by atoms with E-state index in [1.165, 1.54) is 37.8 Å². The van der Waals surface area contributed by atoms with Crippen LogP contribution in [0.15, 0.2) is 12.3 Å². The van der Waals surface area contributed by atoms with Crippen LogP contribution in [0.5, 0.6) is 0 Å². The fraction of sp³-hybridized carbons (Fsp3) is 0.824. The van der Waals surface area contributed by atoms with Crippen LogP contribution in [-0.4, -0.2) is 15.8 Å². The van der Waals surface area contributed by atoms with E-state index in [-0.39, 0.29) is 0 Å². The van der Waals surface area contributed by atoms with E-state index in [9.17, 15) is 0 Å². The van der Waals surface area contributed by atoms with E-state index in [0.29, 0.717) is 22.9 Å². The number of nitrogens with zero attached hydrogens (tertiary/aromatic N) is 2. The molecule has 0 spiro atoms. The van der Waals surface area contributed by atoms with Crippen molar-refractivity contribution in [3.63, 3.8) is 0 Å². The average molecular weight is 275 g/mol. The lowest BCUT2D eigenvalue weighted by Crippen LogP contribution is -2.22. The normalized spacial score (nSPS) is 25.8. The molecule has 2 fully saturated rings. The van der Waals surface area contributed by atoms with Gasteiger partial charge in [-0.25, -0.2) is 0 Å². The maximum atomic E-state index is 4.78. The molecule has 3 heteroatoms. The van der Waals surface area contributed by atoms with Gasteiger partial charge in [0.05, 0.1) is 11.7 Å². The Balaban J connectivity index is 1.56. The SMILES string of the molecule is CC1(C)C(NCc2ccn(C3CCCCC3)n2)C1(C)C. The molecule has 0 radical (unpaired) electrons. The van der Waals surface area contributed by atoms with Gasteiger partial charge in [-0.15, -0.1) is 0 Å². The maximum Gasteiger partial charge on any atom is 0.0762 e. The van der Waals surface area contributed by atoms with Crippen molar-refractivity contribution in [3.8, 4) is 0 Å². The van der Waals surface area contributed by atoms with Gasteiger partial charge in [0, 0.05) is 18.8 Å². The highest BCUT2D eigenvalue weighted by Gasteiger charge is 2.64. The van der Waals surface area contributed by atoms with Crippen LogP contribution in [0.1, 0.15) is 71.5 Å². The monoisotopic (exact) mass is 275 g/mol. The number of rotatable bonds is 4. The zero-order valence-electron chi connectivity index (χ0n) is 13.4. The van der Waals surface area contributed by atoms with E-state index in [0.717, 1.165) is 6.54 Å². The minimum Gasteiger partial charge on any atom is -0.307 e. The third-order valence-electron chi connectivity index (χ3n) is 6.12. The molecule has 0 saturated heterocycles. The van der Waals surface area contributed by atoms with Gasteiger partial charge >= 0.3 is 0 Å². The predicted molar refractivity (Wildman–Crippen MR) is 82.5 cm³/mol. The second-order valence-corrected chi connectivity index (χ2v) is 7.84. The molecule has 1 aromatic heterocycles. The summed E-state index contributed by atoms with van der Waals surface area (Å²) in [5.41, 5.74) is 1.99. The molecular weight excluding hydrogens is 246 g/mol. The predicted octanol–water partition coefficient (Wildman–Crippen LogP) is 3.91. The molecule has 0 aliphatic heterocycles. The molecule has 112 valence electrons. The third-order valence-corrected chi connectivity index (χ3v) is 6.12. The molecule has 2 saturated carbocycles. The van der Waals surface area contributed by atoms with Crippen molar-refractivity contribution in [1.29, 1.82) is 0 Å². The summed E-state index contributed by atoms with van der Waals surface area (Å²) in [7, 11) is 0. The Hall–Kier alpha value is -0.830. The largest absolute Gasteiger partial charge is 0.307 e. The molecule has 0 amide bonds. The molecule has 0 atom stereocenters. The van der Waals surface area contributed by atoms with Gasteiger partial charge in [0.1, 0.15) is 0 Å². The summed E-state index contributed by atoms with van der Waals surface area (Å²) in [6.45, 7) is 10.3. The Morgan fingerprint density at radius 2 is 1.80 bits per heavy atom. The minimum atomic E-state index is 0.402. The summed E-state index contributed by atoms with van der Waals surface area (Å²) in [5.74, 6) is 0. The lowest BCUT2D eigenvalue weighted by Gasteiger charge is -2.21. The van der Waals surface area contributed by atoms with E-state index in [1.807, 2.05) is 0 Å². The molecule has 2 aliphatic rings. The fourth-order valence-electron chi connectivity index (χ4n) is 3.93. The first kappa shape index (κ1) is 14.1. The van der Waals surface area contributed by atoms with Crippen molar-refractivity contribution in [2.24, 2.45) is 10.8 Å². The molecule has 20 heavy (non-hydrogen) atoms. The highest BCUT2D eigenvalue weighted by molar-refractivity contribution is 5.18. The maximum absolute atomic E-state index is 4.78. The molecular formula is C17H29N3. The van der Waals surface area contributed by atoms with E-state index in [2.05, 4.69) is 50.0 Å². The van der Waals surface area contributed by atoms with Crippen molar-refractivity contribution < 1.29 is 0 Å². The van der Waals surface area contributed by atoms with E-state index < -0.39 is 0 Å². The molecule has 2 aliphatic carbocycles. The Kier molecular flexibility index (Phi) is 3.44. The summed E-state index contributed by atoms with van der Waals surface area (Å²) in [5, 5.41) is 8.48. The highest BCUT2D eigenvalue weighted by Crippen LogP contribution is 2.62. The van der Waals surface area contributed by atoms with E-state index >= 15 is 0 Å². The second-order valence-electron chi connectivity index (χ2n) is 7.84. The number of hydrogen-bond donors (Lipinski definition) is 1. The van der Waals surface area contributed by atoms with Gasteiger partial charge in [-0.1, -0.05) is 47.0 Å². The molecule has 3 nitrogen and oxygen atoms in total. The molecule has 0 aromatic carbocycles. The Morgan fingerprint density at radius 3 is 2.40 bits per heavy atom. The Morgan fingerprint density at radius 1 is 1.15 bits per heavy atom. The topological polar surface area (TPSA) is 29.9 Å². The lowest BCUT2D eigenvalue weighted by atomic mass is 9.96. The minimum absolute atomic E-state index is 0.402. The summed E-state index contributed by atoms with van der Waals surface area (Å²) in [6.07, 6.45) is 8.91. The van der Waals surface area contributed by atoms with Gasteiger partial charge in [0.25, 0.3) is 0 Å². The molecule has 1 N–H and O–H groups in total. The summed E-state index contributed by atoms with van der Waals surface area (Å²) >= 11 is 0. The van der Waals surface area contributed by atoms with Crippen LogP contribution in [0, 0.1) is 10.8 Å². The van der Waals surface area contributed by atoms with Crippen molar-refractivity contribution in [2.75, 3.05) is 0 Å². The smallest absolute Gasteiger partial charge is 0.0762 e. The van der Waals surface area contributed by atoms with Gasteiger partial charge in [0.2, 0.25) is 0 Å². The van der Waals surface area contributed by atoms with Crippen molar-refractivity contribution in [3.05, 3.63) is 18.0 Å². The number of nitrogens with one attached hydrogen (secondary N) is 1. The van der Waals surface area contributed by atoms with Gasteiger partial charge < -0.3 is 5.32 Å². The zero-order chi connectivity index (χ0) is 14.4. The first-order chi connectivity index (χ1) is 9.43. The molecule has 0 unspecified atom stereocenters. The van der Waals surface area contributed by atoms with Crippen LogP contribution in [0.4, 0.5) is 0 Å². The van der Waals surface area contributed by atoms with Crippen LogP contribution >= 0.6 is 0 Å². The standard InChI is InChI=1S/C17H29N3/c1-16(2)15(17(16,3)4)18-12-13-10-11-20(19-13)14-8-6-5-7-9-14/h10-11,14-15,18H,5-9,12H2,1-4H3. The zero-order valence-corrected chi connectivity index (χ0v) is 13.4. The molecule has 0 bridgehead atoms. The van der Waals surface area contributed by atoms with Crippen LogP contribution in [0.3, 0.4) is 0 Å². The number of aromatic nitrogens is 2.